The van der Waals surface area contributed by atoms with Crippen LogP contribution in [0.25, 0.3) is 10.2 Å². The molecule has 0 unspecified atom stereocenters. The smallest absolute Gasteiger partial charge is 0.128 e. The maximum absolute atomic E-state index is 5.94. The molecule has 18 heavy (non-hydrogen) atoms. The van der Waals surface area contributed by atoms with E-state index in [1.807, 2.05) is 29.3 Å². The van der Waals surface area contributed by atoms with Crippen LogP contribution >= 0.6 is 22.9 Å². The highest BCUT2D eigenvalue weighted by molar-refractivity contribution is 7.16. The fraction of sp³-hybridized carbons (Fsp3) is 0.167. The Balaban J connectivity index is 1.78. The van der Waals surface area contributed by atoms with Crippen molar-refractivity contribution in [2.45, 2.75) is 6.54 Å². The maximum atomic E-state index is 5.94. The fourth-order valence-corrected chi connectivity index (χ4v) is 2.54. The molecule has 0 saturated heterocycles. The van der Waals surface area contributed by atoms with E-state index in [9.17, 15) is 0 Å². The van der Waals surface area contributed by atoms with Crippen molar-refractivity contribution in [3.63, 3.8) is 0 Å². The molecule has 1 aromatic carbocycles. The van der Waals surface area contributed by atoms with Crippen LogP contribution in [-0.4, -0.2) is 14.5 Å². The molecule has 0 bridgehead atoms. The van der Waals surface area contributed by atoms with E-state index in [0.717, 1.165) is 17.0 Å². The van der Waals surface area contributed by atoms with Gasteiger partial charge in [0.15, 0.2) is 0 Å². The lowest BCUT2D eigenvalue weighted by Gasteiger charge is -2.06. The van der Waals surface area contributed by atoms with Gasteiger partial charge in [0.2, 0.25) is 0 Å². The molecule has 1 N–H and O–H groups in total. The van der Waals surface area contributed by atoms with Gasteiger partial charge in [-0.05, 0) is 18.2 Å². The number of imidazole rings is 1. The highest BCUT2D eigenvalue weighted by Gasteiger charge is 2.04. The normalized spacial score (nSPS) is 11.0. The molecule has 2 heterocycles. The minimum atomic E-state index is 0.638. The van der Waals surface area contributed by atoms with Gasteiger partial charge in [-0.1, -0.05) is 11.6 Å². The Hall–Kier alpha value is -1.59. The number of nitrogens with zero attached hydrogens (tertiary/aromatic N) is 3. The van der Waals surface area contributed by atoms with Crippen LogP contribution in [0.5, 0.6) is 0 Å². The first-order valence-electron chi connectivity index (χ1n) is 5.47. The summed E-state index contributed by atoms with van der Waals surface area (Å²) in [5.41, 5.74) is 3.91. The molecule has 0 aliphatic rings. The van der Waals surface area contributed by atoms with E-state index in [0.29, 0.717) is 11.7 Å². The van der Waals surface area contributed by atoms with Gasteiger partial charge in [0.1, 0.15) is 11.0 Å². The van der Waals surface area contributed by atoms with Gasteiger partial charge in [-0.15, -0.1) is 11.3 Å². The molecular formula is C12H11ClN4S. The second-order valence-corrected chi connectivity index (χ2v) is 5.22. The minimum Gasteiger partial charge on any atom is -0.378 e. The van der Waals surface area contributed by atoms with Crippen molar-refractivity contribution in [3.05, 3.63) is 40.9 Å². The third-order valence-electron chi connectivity index (χ3n) is 2.81. The largest absolute Gasteiger partial charge is 0.378 e. The van der Waals surface area contributed by atoms with Crippen molar-refractivity contribution >= 4 is 38.8 Å². The summed E-state index contributed by atoms with van der Waals surface area (Å²) in [4.78, 5) is 8.53. The van der Waals surface area contributed by atoms with E-state index in [-0.39, 0.29) is 0 Å². The summed E-state index contributed by atoms with van der Waals surface area (Å²) in [6, 6.07) is 6.15. The highest BCUT2D eigenvalue weighted by atomic mass is 35.5. The van der Waals surface area contributed by atoms with Crippen LogP contribution in [0.1, 0.15) is 5.82 Å². The van der Waals surface area contributed by atoms with Crippen molar-refractivity contribution in [2.24, 2.45) is 7.05 Å². The number of halogens is 1. The summed E-state index contributed by atoms with van der Waals surface area (Å²) in [7, 11) is 1.90. The Morgan fingerprint density at radius 3 is 3.06 bits per heavy atom. The molecule has 0 aliphatic carbocycles. The highest BCUT2D eigenvalue weighted by Crippen LogP contribution is 2.21. The van der Waals surface area contributed by atoms with Gasteiger partial charge in [-0.2, -0.15) is 0 Å². The molecule has 0 fully saturated rings. The van der Waals surface area contributed by atoms with Crippen molar-refractivity contribution in [2.75, 3.05) is 5.32 Å². The van der Waals surface area contributed by atoms with E-state index in [1.165, 1.54) is 4.70 Å². The molecule has 2 aromatic heterocycles. The first kappa shape index (κ1) is 11.5. The van der Waals surface area contributed by atoms with Crippen molar-refractivity contribution in [3.8, 4) is 0 Å². The summed E-state index contributed by atoms with van der Waals surface area (Å²) in [5, 5.41) is 3.96. The van der Waals surface area contributed by atoms with Crippen LogP contribution in [0, 0.1) is 0 Å². The molecule has 0 aliphatic heterocycles. The second kappa shape index (κ2) is 4.59. The number of aromatic nitrogens is 3. The minimum absolute atomic E-state index is 0.638. The average Bonchev–Trinajstić information content (AvgIpc) is 2.96. The number of fused-ring (bicyclic) bond motifs is 1. The molecule has 6 heteroatoms. The Morgan fingerprint density at radius 1 is 1.39 bits per heavy atom. The topological polar surface area (TPSA) is 42.7 Å². The Kier molecular flexibility index (Phi) is 2.93. The first-order valence-corrected chi connectivity index (χ1v) is 6.73. The summed E-state index contributed by atoms with van der Waals surface area (Å²) in [5.74, 6) is 0.901. The molecule has 92 valence electrons. The SMILES string of the molecule is Cn1c(Cl)cnc1CNc1ccc2scnc2c1. The summed E-state index contributed by atoms with van der Waals surface area (Å²) < 4.78 is 3.05. The standard InChI is InChI=1S/C12H11ClN4S/c1-17-11(13)5-15-12(17)6-14-8-2-3-10-9(4-8)16-7-18-10/h2-5,7,14H,6H2,1H3. The third-order valence-corrected chi connectivity index (χ3v) is 3.97. The number of hydrogen-bond donors (Lipinski definition) is 1. The third kappa shape index (κ3) is 2.07. The number of benzene rings is 1. The molecular weight excluding hydrogens is 268 g/mol. The van der Waals surface area contributed by atoms with Gasteiger partial charge in [-0.3, -0.25) is 0 Å². The first-order chi connectivity index (χ1) is 8.74. The summed E-state index contributed by atoms with van der Waals surface area (Å²) in [6.07, 6.45) is 1.65. The van der Waals surface area contributed by atoms with Crippen molar-refractivity contribution in [1.29, 1.82) is 0 Å². The molecule has 0 radical (unpaired) electrons. The number of nitrogens with one attached hydrogen (secondary N) is 1. The van der Waals surface area contributed by atoms with Crippen LogP contribution in [0.15, 0.2) is 29.9 Å². The zero-order valence-corrected chi connectivity index (χ0v) is 11.3. The molecule has 0 saturated carbocycles. The van der Waals surface area contributed by atoms with E-state index in [2.05, 4.69) is 21.4 Å². The van der Waals surface area contributed by atoms with Crippen LogP contribution < -0.4 is 5.32 Å². The summed E-state index contributed by atoms with van der Waals surface area (Å²) in [6.45, 7) is 0.638. The maximum Gasteiger partial charge on any atom is 0.128 e. The summed E-state index contributed by atoms with van der Waals surface area (Å²) >= 11 is 7.58. The lowest BCUT2D eigenvalue weighted by atomic mass is 10.3. The van der Waals surface area contributed by atoms with Gasteiger partial charge >= 0.3 is 0 Å². The number of rotatable bonds is 3. The van der Waals surface area contributed by atoms with Gasteiger partial charge in [0.05, 0.1) is 28.5 Å². The zero-order valence-electron chi connectivity index (χ0n) is 9.72. The van der Waals surface area contributed by atoms with E-state index in [4.69, 9.17) is 11.6 Å². The second-order valence-electron chi connectivity index (χ2n) is 3.94. The molecule has 4 nitrogen and oxygen atoms in total. The predicted octanol–water partition coefficient (Wildman–Crippen LogP) is 3.30. The molecule has 3 rings (SSSR count). The van der Waals surface area contributed by atoms with Crippen LogP contribution in [-0.2, 0) is 13.6 Å². The van der Waals surface area contributed by atoms with Gasteiger partial charge in [0.25, 0.3) is 0 Å². The Labute approximate surface area is 113 Å². The van der Waals surface area contributed by atoms with Crippen molar-refractivity contribution < 1.29 is 0 Å². The molecule has 3 aromatic rings. The van der Waals surface area contributed by atoms with E-state index >= 15 is 0 Å². The molecule has 0 atom stereocenters. The number of hydrogen-bond acceptors (Lipinski definition) is 4. The Bertz CT molecular complexity index is 688. The predicted molar refractivity (Wildman–Crippen MR) is 75.2 cm³/mol. The zero-order chi connectivity index (χ0) is 12.5. The van der Waals surface area contributed by atoms with E-state index < -0.39 is 0 Å². The lowest BCUT2D eigenvalue weighted by Crippen LogP contribution is -2.05. The van der Waals surface area contributed by atoms with Crippen LogP contribution in [0.2, 0.25) is 5.15 Å². The Morgan fingerprint density at radius 2 is 2.28 bits per heavy atom. The van der Waals surface area contributed by atoms with Crippen molar-refractivity contribution in [1.82, 2.24) is 14.5 Å². The lowest BCUT2D eigenvalue weighted by molar-refractivity contribution is 0.813. The van der Waals surface area contributed by atoms with Gasteiger partial charge in [0, 0.05) is 12.7 Å². The molecule has 0 spiro atoms. The van der Waals surface area contributed by atoms with Gasteiger partial charge in [-0.25, -0.2) is 9.97 Å². The number of thiazole rings is 1. The van der Waals surface area contributed by atoms with Crippen LogP contribution in [0.4, 0.5) is 5.69 Å². The molecule has 0 amide bonds. The van der Waals surface area contributed by atoms with Gasteiger partial charge < -0.3 is 9.88 Å². The fourth-order valence-electron chi connectivity index (χ4n) is 1.74. The monoisotopic (exact) mass is 278 g/mol. The quantitative estimate of drug-likeness (QED) is 0.799. The average molecular weight is 279 g/mol. The number of anilines is 1. The van der Waals surface area contributed by atoms with Crippen LogP contribution in [0.3, 0.4) is 0 Å². The van der Waals surface area contributed by atoms with E-state index in [1.54, 1.807) is 17.5 Å².